The van der Waals surface area contributed by atoms with Crippen LogP contribution in [-0.2, 0) is 9.59 Å². The highest BCUT2D eigenvalue weighted by molar-refractivity contribution is 5.84. The molecule has 0 heterocycles. The largest absolute Gasteiger partial charge is 0.550 e. The van der Waals surface area contributed by atoms with Gasteiger partial charge in [0.15, 0.2) is 0 Å². The number of nitrogens with one attached hydrogen (secondary N) is 1. The van der Waals surface area contributed by atoms with Crippen LogP contribution in [0.2, 0.25) is 0 Å². The molecule has 250 valence electrons. The van der Waals surface area contributed by atoms with Crippen molar-refractivity contribution in [3.8, 4) is 0 Å². The Bertz CT molecular complexity index is 991. The molecule has 24 heteroatoms. The molecule has 5 nitrogen and oxygen atoms in total. The minimum Gasteiger partial charge on any atom is -0.550 e. The summed E-state index contributed by atoms with van der Waals surface area (Å²) in [7, 11) is 2.56. The molecule has 0 aromatic carbocycles. The van der Waals surface area contributed by atoms with Crippen LogP contribution in [0.5, 0.6) is 0 Å². The van der Waals surface area contributed by atoms with Crippen LogP contribution in [0.15, 0.2) is 0 Å². The zero-order chi connectivity index (χ0) is 34.4. The minimum atomic E-state index is -9.06. The van der Waals surface area contributed by atoms with Crippen molar-refractivity contribution in [1.29, 1.82) is 0 Å². The van der Waals surface area contributed by atoms with Gasteiger partial charge in [0.2, 0.25) is 0 Å². The molecule has 0 aliphatic heterocycles. The Morgan fingerprint density at radius 1 is 0.571 bits per heavy atom. The summed E-state index contributed by atoms with van der Waals surface area (Å²) in [5.41, 5.74) is 0. The van der Waals surface area contributed by atoms with Crippen LogP contribution in [0, 0.1) is 0 Å². The van der Waals surface area contributed by atoms with Gasteiger partial charge in [-0.05, 0) is 0 Å². The smallest absolute Gasteiger partial charge is 0.460 e. The molecule has 0 rings (SSSR count). The van der Waals surface area contributed by atoms with Crippen molar-refractivity contribution >= 4 is 11.9 Å². The number of hydrogen-bond acceptors (Lipinski definition) is 3. The van der Waals surface area contributed by atoms with E-state index >= 15 is 0 Å². The lowest BCUT2D eigenvalue weighted by Gasteiger charge is -2.43. The first-order valence-corrected chi connectivity index (χ1v) is 10.4. The van der Waals surface area contributed by atoms with Gasteiger partial charge in [0.05, 0.1) is 27.2 Å². The predicted molar refractivity (Wildman–Crippen MR) is 94.7 cm³/mol. The molecular formula is C18H17F19N2O3. The topological polar surface area (TPSA) is 69.2 Å². The molecule has 0 atom stereocenters. The first-order chi connectivity index (χ1) is 18.0. The van der Waals surface area contributed by atoms with Crippen molar-refractivity contribution < 1.29 is 103 Å². The van der Waals surface area contributed by atoms with Gasteiger partial charge in [0, 0.05) is 25.4 Å². The standard InChI is InChI=1S/C18H17F19N2O3/c1-39(2,7-4-8(40)41)6-3-5-38-9(42)10(19,20)11(21,22)12(23,24)13(25,26)14(27,28)15(29,30)16(31,32)17(33,34)18(35,36)37/h3-7H2,1-2H3,(H-,38,40,41,42). The van der Waals surface area contributed by atoms with Crippen LogP contribution >= 0.6 is 0 Å². The zero-order valence-electron chi connectivity index (χ0n) is 20.4. The number of carboxylic acid groups (broad SMARTS) is 1. The van der Waals surface area contributed by atoms with E-state index in [1.807, 2.05) is 0 Å². The molecule has 0 aromatic rings. The lowest BCUT2D eigenvalue weighted by atomic mass is 9.87. The number of nitrogens with zero attached hydrogens (tertiary/aromatic N) is 1. The third-order valence-electron chi connectivity index (χ3n) is 5.55. The summed E-state index contributed by atoms with van der Waals surface area (Å²) in [6.45, 7) is -1.76. The summed E-state index contributed by atoms with van der Waals surface area (Å²) < 4.78 is 252. The maximum absolute atomic E-state index is 13.9. The molecule has 1 N–H and O–H groups in total. The van der Waals surface area contributed by atoms with Gasteiger partial charge in [0.25, 0.3) is 5.91 Å². The number of carboxylic acids is 1. The van der Waals surface area contributed by atoms with Crippen LogP contribution in [-0.4, -0.2) is 104 Å². The van der Waals surface area contributed by atoms with Gasteiger partial charge < -0.3 is 19.7 Å². The summed E-state index contributed by atoms with van der Waals surface area (Å²) >= 11 is 0. The number of carbonyl (C=O) groups is 2. The second-order valence-electron chi connectivity index (χ2n) is 9.21. The summed E-state index contributed by atoms with van der Waals surface area (Å²) in [5.74, 6) is -73.7. The molecule has 1 amide bonds. The van der Waals surface area contributed by atoms with Crippen molar-refractivity contribution in [1.82, 2.24) is 5.32 Å². The van der Waals surface area contributed by atoms with E-state index in [0.29, 0.717) is 0 Å². The molecule has 0 saturated heterocycles. The average molecular weight is 670 g/mol. The van der Waals surface area contributed by atoms with Crippen LogP contribution in [0.4, 0.5) is 83.4 Å². The number of halogens is 19. The molecular weight excluding hydrogens is 653 g/mol. The second kappa shape index (κ2) is 11.2. The van der Waals surface area contributed by atoms with E-state index in [4.69, 9.17) is 0 Å². The normalized spacial score (nSPS) is 15.5. The molecule has 0 aliphatic rings. The van der Waals surface area contributed by atoms with Crippen LogP contribution in [0.25, 0.3) is 0 Å². The zero-order valence-corrected chi connectivity index (χ0v) is 20.4. The Morgan fingerprint density at radius 2 is 0.905 bits per heavy atom. The van der Waals surface area contributed by atoms with Gasteiger partial charge in [0.1, 0.15) is 0 Å². The van der Waals surface area contributed by atoms with Crippen molar-refractivity contribution in [2.75, 3.05) is 33.7 Å². The molecule has 0 saturated carbocycles. The van der Waals surface area contributed by atoms with E-state index in [0.717, 1.165) is 5.32 Å². The maximum atomic E-state index is 13.9. The quantitative estimate of drug-likeness (QED) is 0.160. The van der Waals surface area contributed by atoms with E-state index in [2.05, 4.69) is 0 Å². The summed E-state index contributed by atoms with van der Waals surface area (Å²) in [6.07, 6.45) is -9.15. The van der Waals surface area contributed by atoms with Crippen molar-refractivity contribution in [3.05, 3.63) is 0 Å². The highest BCUT2D eigenvalue weighted by Crippen LogP contribution is 2.65. The monoisotopic (exact) mass is 670 g/mol. The van der Waals surface area contributed by atoms with Crippen molar-refractivity contribution in [2.45, 2.75) is 66.4 Å². The lowest BCUT2D eigenvalue weighted by molar-refractivity contribution is -0.890. The number of alkyl halides is 19. The average Bonchev–Trinajstić information content (AvgIpc) is 2.78. The summed E-state index contributed by atoms with van der Waals surface area (Å²) in [5, 5.41) is 11.2. The molecule has 0 aliphatic carbocycles. The molecule has 0 aromatic heterocycles. The van der Waals surface area contributed by atoms with Crippen molar-refractivity contribution in [2.24, 2.45) is 0 Å². The van der Waals surface area contributed by atoms with Crippen molar-refractivity contribution in [3.63, 3.8) is 0 Å². The number of hydrogen-bond donors (Lipinski definition) is 1. The van der Waals surface area contributed by atoms with Crippen LogP contribution in [0.3, 0.4) is 0 Å². The van der Waals surface area contributed by atoms with Gasteiger partial charge in [-0.2, -0.15) is 83.4 Å². The van der Waals surface area contributed by atoms with E-state index in [9.17, 15) is 98.1 Å². The number of rotatable bonds is 15. The summed E-state index contributed by atoms with van der Waals surface area (Å²) in [6, 6.07) is 0. The fourth-order valence-electron chi connectivity index (χ4n) is 2.83. The summed E-state index contributed by atoms with van der Waals surface area (Å²) in [4.78, 5) is 21.8. The molecule has 0 radical (unpaired) electrons. The number of quaternary nitrogens is 1. The predicted octanol–water partition coefficient (Wildman–Crippen LogP) is 4.35. The Morgan fingerprint density at radius 3 is 1.24 bits per heavy atom. The van der Waals surface area contributed by atoms with Gasteiger partial charge in [-0.1, -0.05) is 0 Å². The highest BCUT2D eigenvalue weighted by Gasteiger charge is 2.97. The lowest BCUT2D eigenvalue weighted by Crippen LogP contribution is -2.76. The molecule has 0 bridgehead atoms. The van der Waals surface area contributed by atoms with Gasteiger partial charge in [-0.25, -0.2) is 0 Å². The Kier molecular flexibility index (Phi) is 10.6. The van der Waals surface area contributed by atoms with Crippen LogP contribution in [0.1, 0.15) is 12.8 Å². The van der Waals surface area contributed by atoms with E-state index in [1.165, 1.54) is 14.1 Å². The van der Waals surface area contributed by atoms with Crippen LogP contribution < -0.4 is 10.4 Å². The van der Waals surface area contributed by atoms with E-state index in [1.54, 1.807) is 0 Å². The minimum absolute atomic E-state index is 0.224. The maximum Gasteiger partial charge on any atom is 0.460 e. The fraction of sp³-hybridized carbons (Fsp3) is 0.889. The third-order valence-corrected chi connectivity index (χ3v) is 5.55. The fourth-order valence-corrected chi connectivity index (χ4v) is 2.83. The Labute approximate surface area is 221 Å². The SMILES string of the molecule is C[N+](C)(CCCNC(=O)C(F)(F)C(F)(F)C(F)(F)C(F)(F)C(F)(F)C(F)(F)C(F)(F)C(F)(F)C(F)(F)F)CCC(=O)[O-]. The first-order valence-electron chi connectivity index (χ1n) is 10.4. The van der Waals surface area contributed by atoms with Gasteiger partial charge in [-0.15, -0.1) is 0 Å². The van der Waals surface area contributed by atoms with E-state index < -0.39 is 84.8 Å². The molecule has 0 spiro atoms. The van der Waals surface area contributed by atoms with E-state index in [-0.39, 0.29) is 17.6 Å². The Balaban J connectivity index is 6.28. The first kappa shape index (κ1) is 39.6. The number of amides is 1. The Hall–Kier alpha value is -2.43. The molecule has 42 heavy (non-hydrogen) atoms. The molecule has 0 fully saturated rings. The number of carbonyl (C=O) groups excluding carboxylic acids is 2. The third kappa shape index (κ3) is 6.26. The van der Waals surface area contributed by atoms with Gasteiger partial charge >= 0.3 is 53.6 Å². The second-order valence-corrected chi connectivity index (χ2v) is 9.21. The number of aliphatic carboxylic acids is 1. The molecule has 0 unspecified atom stereocenters. The van der Waals surface area contributed by atoms with Gasteiger partial charge in [-0.3, -0.25) is 4.79 Å². The highest BCUT2D eigenvalue weighted by atomic mass is 19.4.